The lowest BCUT2D eigenvalue weighted by atomic mass is 10.1. The van der Waals surface area contributed by atoms with E-state index in [1.54, 1.807) is 53.5 Å². The van der Waals surface area contributed by atoms with E-state index >= 15 is 0 Å². The Labute approximate surface area is 155 Å². The smallest absolute Gasteiger partial charge is 0.228 e. The van der Waals surface area contributed by atoms with Crippen molar-refractivity contribution in [2.24, 2.45) is 5.92 Å². The Kier molecular flexibility index (Phi) is 5.30. The van der Waals surface area contributed by atoms with E-state index in [9.17, 15) is 9.59 Å². The molecular formula is C18H19ClN2O3S. The van der Waals surface area contributed by atoms with Gasteiger partial charge < -0.3 is 14.5 Å². The lowest BCUT2D eigenvalue weighted by molar-refractivity contribution is -0.135. The van der Waals surface area contributed by atoms with Gasteiger partial charge in [-0.2, -0.15) is 0 Å². The second-order valence-electron chi connectivity index (χ2n) is 6.00. The van der Waals surface area contributed by atoms with Gasteiger partial charge in [-0.05, 0) is 29.6 Å². The highest BCUT2D eigenvalue weighted by molar-refractivity contribution is 7.09. The van der Waals surface area contributed by atoms with Crippen molar-refractivity contribution in [1.29, 1.82) is 0 Å². The van der Waals surface area contributed by atoms with Crippen LogP contribution in [0.4, 0.5) is 5.69 Å². The second-order valence-corrected chi connectivity index (χ2v) is 7.46. The molecule has 3 rings (SSSR count). The number of methoxy groups -OCH3 is 1. The van der Waals surface area contributed by atoms with Crippen LogP contribution in [0.1, 0.15) is 11.3 Å². The highest BCUT2D eigenvalue weighted by Crippen LogP contribution is 2.35. The molecule has 1 fully saturated rings. The number of halogens is 1. The molecule has 25 heavy (non-hydrogen) atoms. The Balaban J connectivity index is 1.74. The Bertz CT molecular complexity index is 779. The summed E-state index contributed by atoms with van der Waals surface area (Å²) in [5.74, 6) is 0.0904. The molecule has 2 amide bonds. The molecule has 132 valence electrons. The van der Waals surface area contributed by atoms with Crippen molar-refractivity contribution in [3.05, 3.63) is 45.6 Å². The van der Waals surface area contributed by atoms with Gasteiger partial charge >= 0.3 is 0 Å². The van der Waals surface area contributed by atoms with E-state index in [-0.39, 0.29) is 24.2 Å². The molecule has 5 nitrogen and oxygen atoms in total. The first-order valence-corrected chi connectivity index (χ1v) is 9.16. The van der Waals surface area contributed by atoms with Crippen molar-refractivity contribution < 1.29 is 14.3 Å². The van der Waals surface area contributed by atoms with Crippen LogP contribution < -0.4 is 9.64 Å². The predicted molar refractivity (Wildman–Crippen MR) is 99.3 cm³/mol. The van der Waals surface area contributed by atoms with Gasteiger partial charge in [0.05, 0.1) is 25.3 Å². The van der Waals surface area contributed by atoms with Crippen molar-refractivity contribution in [2.45, 2.75) is 13.0 Å². The zero-order valence-corrected chi connectivity index (χ0v) is 15.6. The summed E-state index contributed by atoms with van der Waals surface area (Å²) in [6.07, 6.45) is 0.198. The molecule has 1 saturated heterocycles. The van der Waals surface area contributed by atoms with Crippen molar-refractivity contribution in [1.82, 2.24) is 4.90 Å². The maximum atomic E-state index is 12.7. The Morgan fingerprint density at radius 3 is 2.92 bits per heavy atom. The largest absolute Gasteiger partial charge is 0.495 e. The first kappa shape index (κ1) is 17.8. The number of rotatable bonds is 5. The summed E-state index contributed by atoms with van der Waals surface area (Å²) in [5, 5.41) is 2.51. The van der Waals surface area contributed by atoms with Crippen LogP contribution in [-0.2, 0) is 16.1 Å². The van der Waals surface area contributed by atoms with Gasteiger partial charge in [-0.1, -0.05) is 17.7 Å². The number of nitrogens with zero attached hydrogens (tertiary/aromatic N) is 2. The molecule has 1 aliphatic rings. The molecule has 7 heteroatoms. The van der Waals surface area contributed by atoms with Crippen LogP contribution >= 0.6 is 22.9 Å². The standard InChI is InChI=1S/C18H19ClN2O3S/c1-20(11-14-4-3-7-25-14)18(23)12-8-17(22)21(10-12)15-9-13(19)5-6-16(15)24-2/h3-7,9,12H,8,10-11H2,1-2H3. The summed E-state index contributed by atoms with van der Waals surface area (Å²) < 4.78 is 5.33. The molecule has 0 radical (unpaired) electrons. The topological polar surface area (TPSA) is 49.9 Å². The minimum Gasteiger partial charge on any atom is -0.495 e. The fraction of sp³-hybridized carbons (Fsp3) is 0.333. The monoisotopic (exact) mass is 378 g/mol. The summed E-state index contributed by atoms with van der Waals surface area (Å²) >= 11 is 7.67. The molecule has 0 aliphatic carbocycles. The molecule has 1 unspecified atom stereocenters. The lowest BCUT2D eigenvalue weighted by Gasteiger charge is -2.22. The van der Waals surface area contributed by atoms with Crippen molar-refractivity contribution in [2.75, 3.05) is 25.6 Å². The first-order chi connectivity index (χ1) is 12.0. The number of benzene rings is 1. The highest BCUT2D eigenvalue weighted by Gasteiger charge is 2.37. The fourth-order valence-electron chi connectivity index (χ4n) is 3.01. The van der Waals surface area contributed by atoms with E-state index in [4.69, 9.17) is 16.3 Å². The van der Waals surface area contributed by atoms with E-state index in [1.807, 2.05) is 17.5 Å². The number of amides is 2. The van der Waals surface area contributed by atoms with Gasteiger partial charge in [0.15, 0.2) is 0 Å². The third kappa shape index (κ3) is 3.80. The van der Waals surface area contributed by atoms with Crippen LogP contribution in [0.2, 0.25) is 5.02 Å². The molecule has 1 aliphatic heterocycles. The molecule has 0 bridgehead atoms. The lowest BCUT2D eigenvalue weighted by Crippen LogP contribution is -2.34. The normalized spacial score (nSPS) is 17.0. The van der Waals surface area contributed by atoms with Crippen LogP contribution in [0.3, 0.4) is 0 Å². The summed E-state index contributed by atoms with van der Waals surface area (Å²) in [6.45, 7) is 0.894. The van der Waals surface area contributed by atoms with Gasteiger partial charge in [0, 0.05) is 29.9 Å². The number of hydrogen-bond acceptors (Lipinski definition) is 4. The molecule has 0 spiro atoms. The van der Waals surface area contributed by atoms with Crippen molar-refractivity contribution in [3.8, 4) is 5.75 Å². The van der Waals surface area contributed by atoms with Gasteiger partial charge in [-0.15, -0.1) is 11.3 Å². The zero-order chi connectivity index (χ0) is 18.0. The summed E-state index contributed by atoms with van der Waals surface area (Å²) in [6, 6.07) is 9.09. The van der Waals surface area contributed by atoms with Crippen molar-refractivity contribution >= 4 is 40.4 Å². The quantitative estimate of drug-likeness (QED) is 0.801. The number of ether oxygens (including phenoxy) is 1. The van der Waals surface area contributed by atoms with Gasteiger partial charge in [0.1, 0.15) is 5.75 Å². The van der Waals surface area contributed by atoms with E-state index in [0.717, 1.165) is 4.88 Å². The number of carbonyl (C=O) groups is 2. The summed E-state index contributed by atoms with van der Waals surface area (Å²) in [5.41, 5.74) is 0.608. The molecule has 1 aromatic carbocycles. The molecule has 1 atom stereocenters. The number of carbonyl (C=O) groups excluding carboxylic acids is 2. The van der Waals surface area contributed by atoms with Crippen molar-refractivity contribution in [3.63, 3.8) is 0 Å². The summed E-state index contributed by atoms with van der Waals surface area (Å²) in [4.78, 5) is 29.6. The zero-order valence-electron chi connectivity index (χ0n) is 14.1. The average Bonchev–Trinajstić information content (AvgIpc) is 3.23. The van der Waals surface area contributed by atoms with Crippen LogP contribution in [-0.4, -0.2) is 37.4 Å². The average molecular weight is 379 g/mol. The van der Waals surface area contributed by atoms with Crippen LogP contribution in [0.25, 0.3) is 0 Å². The molecule has 2 aromatic rings. The highest BCUT2D eigenvalue weighted by atomic mass is 35.5. The predicted octanol–water partition coefficient (Wildman–Crippen LogP) is 3.42. The van der Waals surface area contributed by atoms with Crippen LogP contribution in [0.5, 0.6) is 5.75 Å². The molecule has 1 aromatic heterocycles. The molecule has 0 N–H and O–H groups in total. The number of anilines is 1. The maximum absolute atomic E-state index is 12.7. The maximum Gasteiger partial charge on any atom is 0.228 e. The molecule has 0 saturated carbocycles. The number of thiophene rings is 1. The molecule has 2 heterocycles. The summed E-state index contributed by atoms with van der Waals surface area (Å²) in [7, 11) is 3.32. The molecular weight excluding hydrogens is 360 g/mol. The van der Waals surface area contributed by atoms with E-state index in [0.29, 0.717) is 29.5 Å². The Morgan fingerprint density at radius 2 is 2.24 bits per heavy atom. The first-order valence-electron chi connectivity index (χ1n) is 7.91. The Morgan fingerprint density at radius 1 is 1.44 bits per heavy atom. The van der Waals surface area contributed by atoms with E-state index in [2.05, 4.69) is 0 Å². The SMILES string of the molecule is COc1ccc(Cl)cc1N1CC(C(=O)N(C)Cc2cccs2)CC1=O. The van der Waals surface area contributed by atoms with Crippen LogP contribution in [0.15, 0.2) is 35.7 Å². The van der Waals surface area contributed by atoms with Gasteiger partial charge in [-0.25, -0.2) is 0 Å². The Hall–Kier alpha value is -2.05. The third-order valence-electron chi connectivity index (χ3n) is 4.26. The second kappa shape index (κ2) is 7.45. The van der Waals surface area contributed by atoms with Gasteiger partial charge in [0.2, 0.25) is 11.8 Å². The fourth-order valence-corrected chi connectivity index (χ4v) is 3.93. The minimum absolute atomic E-state index is 0.0229. The van der Waals surface area contributed by atoms with Gasteiger partial charge in [-0.3, -0.25) is 9.59 Å². The third-order valence-corrected chi connectivity index (χ3v) is 5.35. The minimum atomic E-state index is -0.360. The van der Waals surface area contributed by atoms with E-state index in [1.165, 1.54) is 0 Å². The van der Waals surface area contributed by atoms with Crippen LogP contribution in [0, 0.1) is 5.92 Å². The van der Waals surface area contributed by atoms with E-state index < -0.39 is 0 Å². The number of hydrogen-bond donors (Lipinski definition) is 0. The van der Waals surface area contributed by atoms with Gasteiger partial charge in [0.25, 0.3) is 0 Å².